The molecule has 0 saturated heterocycles. The Hall–Kier alpha value is -1.26. The number of aromatic nitrogens is 1. The fraction of sp³-hybridized carbons (Fsp3) is 0.529. The summed E-state index contributed by atoms with van der Waals surface area (Å²) in [6.07, 6.45) is 5.79. The molecule has 3 aliphatic rings. The Kier molecular flexibility index (Phi) is 2.79. The molecule has 0 amide bonds. The average Bonchev–Trinajstić information content (AvgIpc) is 2.93. The molecule has 0 atom stereocenters. The number of nitrogens with two attached hydrogens (primary N) is 1. The van der Waals surface area contributed by atoms with E-state index in [-0.39, 0.29) is 16.7 Å². The third-order valence-electron chi connectivity index (χ3n) is 5.60. The van der Waals surface area contributed by atoms with Crippen LogP contribution in [0, 0.1) is 12.3 Å². The van der Waals surface area contributed by atoms with E-state index in [2.05, 4.69) is 24.0 Å². The van der Waals surface area contributed by atoms with Crippen molar-refractivity contribution in [2.45, 2.75) is 51.0 Å². The van der Waals surface area contributed by atoms with Crippen LogP contribution in [0.15, 0.2) is 18.2 Å². The minimum Gasteiger partial charge on any atom is -0.325 e. The highest BCUT2D eigenvalue weighted by Crippen LogP contribution is 2.53. The summed E-state index contributed by atoms with van der Waals surface area (Å²) in [7, 11) is 0. The van der Waals surface area contributed by atoms with Gasteiger partial charge in [-0.25, -0.2) is 4.98 Å². The molecule has 0 spiro atoms. The molecule has 3 fully saturated rings. The molecule has 3 saturated carbocycles. The van der Waals surface area contributed by atoms with Gasteiger partial charge < -0.3 is 5.73 Å². The van der Waals surface area contributed by atoms with E-state index in [1.807, 2.05) is 6.07 Å². The van der Waals surface area contributed by atoms with Crippen molar-refractivity contribution in [2.75, 3.05) is 0 Å². The molecule has 1 aromatic heterocycles. The third kappa shape index (κ3) is 1.96. The van der Waals surface area contributed by atoms with Gasteiger partial charge in [0.25, 0.3) is 0 Å². The smallest absolute Gasteiger partial charge is 0.197 e. The van der Waals surface area contributed by atoms with Gasteiger partial charge in [0.05, 0.1) is 10.2 Å². The molecule has 3 nitrogen and oxygen atoms in total. The van der Waals surface area contributed by atoms with Gasteiger partial charge in [-0.05, 0) is 57.1 Å². The molecule has 110 valence electrons. The molecule has 2 bridgehead atoms. The summed E-state index contributed by atoms with van der Waals surface area (Å²) in [5, 5.41) is 0.700. The summed E-state index contributed by atoms with van der Waals surface area (Å²) >= 11 is 1.55. The Morgan fingerprint density at radius 1 is 1.19 bits per heavy atom. The number of para-hydroxylation sites is 1. The topological polar surface area (TPSA) is 56.0 Å². The van der Waals surface area contributed by atoms with Crippen molar-refractivity contribution in [1.29, 1.82) is 0 Å². The fourth-order valence-corrected chi connectivity index (χ4v) is 5.07. The number of thiazole rings is 1. The minimum atomic E-state index is -0.178. The molecule has 0 unspecified atom stereocenters. The van der Waals surface area contributed by atoms with Crippen LogP contribution in [-0.2, 0) is 0 Å². The monoisotopic (exact) mass is 300 g/mol. The highest BCUT2D eigenvalue weighted by Gasteiger charge is 2.51. The molecular weight excluding hydrogens is 280 g/mol. The number of benzene rings is 1. The standard InChI is InChI=1S/C17H20N2OS/c1-11-3-2-4-12-13(11)19-15(21-12)14(20)16-5-8-17(18,9-6-16)10-7-16/h2-4H,5-10,18H2,1H3. The number of nitrogens with zero attached hydrogens (tertiary/aromatic N) is 1. The number of Topliss-reactive ketones (excluding diaryl/α,β-unsaturated/α-hetero) is 1. The van der Waals surface area contributed by atoms with Gasteiger partial charge in [-0.2, -0.15) is 0 Å². The van der Waals surface area contributed by atoms with Crippen LogP contribution >= 0.6 is 11.3 Å². The SMILES string of the molecule is Cc1cccc2sc(C(=O)C34CCC(N)(CC3)CC4)nc12. The van der Waals surface area contributed by atoms with Crippen LogP contribution < -0.4 is 5.73 Å². The van der Waals surface area contributed by atoms with E-state index in [1.54, 1.807) is 11.3 Å². The van der Waals surface area contributed by atoms with Crippen LogP contribution in [0.2, 0.25) is 0 Å². The second kappa shape index (κ2) is 4.37. The molecule has 2 aromatic rings. The predicted octanol–water partition coefficient (Wildman–Crippen LogP) is 3.84. The normalized spacial score (nSPS) is 31.7. The minimum absolute atomic E-state index is 0.00616. The van der Waals surface area contributed by atoms with Gasteiger partial charge in [-0.1, -0.05) is 12.1 Å². The second-order valence-corrected chi connectivity index (χ2v) is 7.94. The molecule has 0 aliphatic heterocycles. The van der Waals surface area contributed by atoms with Crippen LogP contribution in [0.3, 0.4) is 0 Å². The van der Waals surface area contributed by atoms with Gasteiger partial charge in [0.1, 0.15) is 0 Å². The zero-order valence-electron chi connectivity index (χ0n) is 12.3. The van der Waals surface area contributed by atoms with E-state index in [0.29, 0.717) is 5.01 Å². The fourth-order valence-electron chi connectivity index (χ4n) is 3.97. The Bertz CT molecular complexity index is 709. The number of ketones is 1. The maximum Gasteiger partial charge on any atom is 0.197 e. The lowest BCUT2D eigenvalue weighted by atomic mass is 9.56. The molecule has 0 radical (unpaired) electrons. The van der Waals surface area contributed by atoms with Crippen molar-refractivity contribution < 1.29 is 4.79 Å². The van der Waals surface area contributed by atoms with Crippen molar-refractivity contribution in [3.05, 3.63) is 28.8 Å². The van der Waals surface area contributed by atoms with Gasteiger partial charge in [0, 0.05) is 11.0 Å². The summed E-state index contributed by atoms with van der Waals surface area (Å²) in [6.45, 7) is 2.05. The van der Waals surface area contributed by atoms with Gasteiger partial charge in [0.2, 0.25) is 0 Å². The summed E-state index contributed by atoms with van der Waals surface area (Å²) in [6, 6.07) is 6.14. The highest BCUT2D eigenvalue weighted by atomic mass is 32.1. The molecule has 2 N–H and O–H groups in total. The number of aryl methyl sites for hydroxylation is 1. The molecular formula is C17H20N2OS. The summed E-state index contributed by atoms with van der Waals surface area (Å²) in [4.78, 5) is 17.7. The molecule has 1 heterocycles. The van der Waals surface area contributed by atoms with Crippen LogP contribution in [0.1, 0.15) is 53.9 Å². The van der Waals surface area contributed by atoms with Crippen LogP contribution in [0.5, 0.6) is 0 Å². The van der Waals surface area contributed by atoms with Crippen molar-refractivity contribution in [3.63, 3.8) is 0 Å². The third-order valence-corrected chi connectivity index (χ3v) is 6.62. The van der Waals surface area contributed by atoms with Gasteiger partial charge in [-0.3, -0.25) is 4.79 Å². The first-order chi connectivity index (χ1) is 10.0. The first-order valence-electron chi connectivity index (χ1n) is 7.71. The summed E-state index contributed by atoms with van der Waals surface area (Å²) in [5.41, 5.74) is 8.31. The Morgan fingerprint density at radius 3 is 2.48 bits per heavy atom. The quantitative estimate of drug-likeness (QED) is 0.857. The Labute approximate surface area is 128 Å². The molecule has 5 rings (SSSR count). The first kappa shape index (κ1) is 13.4. The number of rotatable bonds is 2. The van der Waals surface area contributed by atoms with E-state index in [9.17, 15) is 4.79 Å². The van der Waals surface area contributed by atoms with Crippen LogP contribution in [0.4, 0.5) is 0 Å². The Balaban J connectivity index is 1.72. The molecule has 4 heteroatoms. The number of carbonyl (C=O) groups excluding carboxylic acids is 1. The number of fused-ring (bicyclic) bond motifs is 4. The lowest BCUT2D eigenvalue weighted by Gasteiger charge is -2.50. The van der Waals surface area contributed by atoms with Gasteiger partial charge in [-0.15, -0.1) is 11.3 Å². The predicted molar refractivity (Wildman–Crippen MR) is 85.7 cm³/mol. The maximum absolute atomic E-state index is 13.1. The zero-order chi connectivity index (χ0) is 14.7. The number of hydrogen-bond donors (Lipinski definition) is 1. The van der Waals surface area contributed by atoms with E-state index >= 15 is 0 Å². The second-order valence-electron chi connectivity index (χ2n) is 6.91. The van der Waals surface area contributed by atoms with E-state index in [0.717, 1.165) is 54.3 Å². The average molecular weight is 300 g/mol. The lowest BCUT2D eigenvalue weighted by Crippen LogP contribution is -2.54. The van der Waals surface area contributed by atoms with Crippen molar-refractivity contribution in [1.82, 2.24) is 4.98 Å². The number of carbonyl (C=O) groups is 1. The van der Waals surface area contributed by atoms with Crippen molar-refractivity contribution in [3.8, 4) is 0 Å². The van der Waals surface area contributed by atoms with E-state index < -0.39 is 0 Å². The maximum atomic E-state index is 13.1. The molecule has 3 aliphatic carbocycles. The van der Waals surface area contributed by atoms with Crippen LogP contribution in [0.25, 0.3) is 10.2 Å². The van der Waals surface area contributed by atoms with E-state index in [1.165, 1.54) is 0 Å². The Morgan fingerprint density at radius 2 is 1.86 bits per heavy atom. The zero-order valence-corrected chi connectivity index (χ0v) is 13.1. The van der Waals surface area contributed by atoms with Crippen molar-refractivity contribution in [2.24, 2.45) is 11.1 Å². The van der Waals surface area contributed by atoms with Crippen LogP contribution in [-0.4, -0.2) is 16.3 Å². The highest BCUT2D eigenvalue weighted by molar-refractivity contribution is 7.20. The largest absolute Gasteiger partial charge is 0.325 e. The van der Waals surface area contributed by atoms with Gasteiger partial charge in [0.15, 0.2) is 10.8 Å². The molecule has 1 aromatic carbocycles. The van der Waals surface area contributed by atoms with Crippen molar-refractivity contribution >= 4 is 27.3 Å². The first-order valence-corrected chi connectivity index (χ1v) is 8.53. The molecule has 21 heavy (non-hydrogen) atoms. The van der Waals surface area contributed by atoms with Gasteiger partial charge >= 0.3 is 0 Å². The lowest BCUT2D eigenvalue weighted by molar-refractivity contribution is 0.0355. The van der Waals surface area contributed by atoms with E-state index in [4.69, 9.17) is 5.73 Å². The summed E-state index contributed by atoms with van der Waals surface area (Å²) < 4.78 is 1.12. The summed E-state index contributed by atoms with van der Waals surface area (Å²) in [5.74, 6) is 0.268. The number of hydrogen-bond acceptors (Lipinski definition) is 4.